The van der Waals surface area contributed by atoms with E-state index in [0.717, 1.165) is 30.3 Å². The Kier molecular flexibility index (Phi) is 9.48. The van der Waals surface area contributed by atoms with Crippen LogP contribution in [0.2, 0.25) is 0 Å². The number of amides is 2. The van der Waals surface area contributed by atoms with Crippen LogP contribution in [0.5, 0.6) is 5.75 Å². The number of ether oxygens (including phenoxy) is 2. The van der Waals surface area contributed by atoms with Crippen molar-refractivity contribution in [3.8, 4) is 5.75 Å². The third kappa shape index (κ3) is 7.62. The van der Waals surface area contributed by atoms with Crippen LogP contribution in [0, 0.1) is 11.3 Å². The molecule has 1 aliphatic carbocycles. The Morgan fingerprint density at radius 1 is 1.09 bits per heavy atom. The van der Waals surface area contributed by atoms with Gasteiger partial charge in [0.05, 0.1) is 7.11 Å². The molecule has 1 aromatic rings. The molecule has 6 nitrogen and oxygen atoms in total. The van der Waals surface area contributed by atoms with Crippen molar-refractivity contribution in [1.29, 1.82) is 0 Å². The van der Waals surface area contributed by atoms with Gasteiger partial charge in [-0.3, -0.25) is 4.79 Å². The zero-order valence-corrected chi connectivity index (χ0v) is 22.5. The number of alkyl carbamates (subject to hydrolysis) is 1. The molecule has 3 rings (SSSR count). The Bertz CT molecular complexity index is 818. The zero-order chi connectivity index (χ0) is 25.5. The van der Waals surface area contributed by atoms with E-state index in [1.807, 2.05) is 49.9 Å². The first-order valence-corrected chi connectivity index (χ1v) is 13.6. The standard InChI is InChI=1S/C29H46N2O4/c1-6-7-11-18-29(23-12-9-8-10-13-23)20-31(21-29)26(32)25(30-27(33)35-28(2,3)4)19-22-14-16-24(34-5)17-15-22/h14-17,23,25H,6-13,18-21H2,1-5H3,(H,30,33)/t25-/m1/s1. The molecule has 1 atom stereocenters. The predicted octanol–water partition coefficient (Wildman–Crippen LogP) is 6.12. The van der Waals surface area contributed by atoms with Crippen molar-refractivity contribution in [3.05, 3.63) is 29.8 Å². The van der Waals surface area contributed by atoms with E-state index < -0.39 is 17.7 Å². The Balaban J connectivity index is 1.71. The topological polar surface area (TPSA) is 67.9 Å². The van der Waals surface area contributed by atoms with Gasteiger partial charge in [-0.05, 0) is 63.6 Å². The van der Waals surface area contributed by atoms with Gasteiger partial charge in [0.2, 0.25) is 5.91 Å². The van der Waals surface area contributed by atoms with Crippen LogP contribution in [-0.2, 0) is 16.0 Å². The van der Waals surface area contributed by atoms with Crippen LogP contribution in [0.4, 0.5) is 4.79 Å². The van der Waals surface area contributed by atoms with E-state index in [9.17, 15) is 9.59 Å². The van der Waals surface area contributed by atoms with Gasteiger partial charge in [0, 0.05) is 24.9 Å². The molecule has 1 N–H and O–H groups in total. The van der Waals surface area contributed by atoms with Gasteiger partial charge in [-0.1, -0.05) is 57.6 Å². The van der Waals surface area contributed by atoms with Crippen LogP contribution < -0.4 is 10.1 Å². The molecule has 1 aromatic carbocycles. The van der Waals surface area contributed by atoms with Crippen LogP contribution >= 0.6 is 0 Å². The first kappa shape index (κ1) is 27.3. The quantitative estimate of drug-likeness (QED) is 0.405. The van der Waals surface area contributed by atoms with E-state index in [1.54, 1.807) is 7.11 Å². The average Bonchev–Trinajstić information content (AvgIpc) is 2.79. The molecule has 0 aromatic heterocycles. The molecule has 0 radical (unpaired) electrons. The number of nitrogens with zero attached hydrogens (tertiary/aromatic N) is 1. The Labute approximate surface area is 212 Å². The molecule has 2 fully saturated rings. The van der Waals surface area contributed by atoms with E-state index >= 15 is 0 Å². The van der Waals surface area contributed by atoms with Gasteiger partial charge in [-0.25, -0.2) is 4.79 Å². The summed E-state index contributed by atoms with van der Waals surface area (Å²) in [6, 6.07) is 7.01. The fraction of sp³-hybridized carbons (Fsp3) is 0.724. The summed E-state index contributed by atoms with van der Waals surface area (Å²) >= 11 is 0. The molecule has 1 saturated carbocycles. The molecule has 2 amide bonds. The Morgan fingerprint density at radius 3 is 2.31 bits per heavy atom. The SMILES string of the molecule is CCCCCC1(C2CCCCC2)CN(C(=O)[C@@H](Cc2ccc(OC)cc2)NC(=O)OC(C)(C)C)C1. The summed E-state index contributed by atoms with van der Waals surface area (Å²) in [7, 11) is 1.63. The van der Waals surface area contributed by atoms with Crippen molar-refractivity contribution < 1.29 is 19.1 Å². The second-order valence-corrected chi connectivity index (χ2v) is 11.6. The summed E-state index contributed by atoms with van der Waals surface area (Å²) in [5, 5.41) is 2.88. The number of hydrogen-bond acceptors (Lipinski definition) is 4. The summed E-state index contributed by atoms with van der Waals surface area (Å²) in [6.45, 7) is 9.37. The number of benzene rings is 1. The number of methoxy groups -OCH3 is 1. The lowest BCUT2D eigenvalue weighted by molar-refractivity contribution is -0.152. The smallest absolute Gasteiger partial charge is 0.408 e. The number of nitrogens with one attached hydrogen (secondary N) is 1. The molecular formula is C29H46N2O4. The lowest BCUT2D eigenvalue weighted by atomic mass is 9.61. The summed E-state index contributed by atoms with van der Waals surface area (Å²) in [5.41, 5.74) is 0.605. The summed E-state index contributed by atoms with van der Waals surface area (Å²) < 4.78 is 10.7. The van der Waals surface area contributed by atoms with Gasteiger partial charge < -0.3 is 19.7 Å². The van der Waals surface area contributed by atoms with E-state index in [2.05, 4.69) is 12.2 Å². The molecule has 0 unspecified atom stereocenters. The molecule has 6 heteroatoms. The van der Waals surface area contributed by atoms with E-state index in [0.29, 0.717) is 6.42 Å². The van der Waals surface area contributed by atoms with Crippen LogP contribution in [0.15, 0.2) is 24.3 Å². The van der Waals surface area contributed by atoms with Gasteiger partial charge in [-0.15, -0.1) is 0 Å². The average molecular weight is 487 g/mol. The number of hydrogen-bond donors (Lipinski definition) is 1. The minimum absolute atomic E-state index is 0.00592. The van der Waals surface area contributed by atoms with Crippen LogP contribution in [0.25, 0.3) is 0 Å². The van der Waals surface area contributed by atoms with Crippen molar-refractivity contribution in [2.45, 2.75) is 104 Å². The summed E-state index contributed by atoms with van der Waals surface area (Å²) in [5.74, 6) is 1.48. The first-order valence-electron chi connectivity index (χ1n) is 13.6. The van der Waals surface area contributed by atoms with Gasteiger partial charge in [-0.2, -0.15) is 0 Å². The predicted molar refractivity (Wildman–Crippen MR) is 140 cm³/mol. The highest BCUT2D eigenvalue weighted by Gasteiger charge is 2.50. The number of carbonyl (C=O) groups is 2. The van der Waals surface area contributed by atoms with Crippen molar-refractivity contribution in [2.24, 2.45) is 11.3 Å². The third-order valence-corrected chi connectivity index (χ3v) is 7.66. The highest BCUT2D eigenvalue weighted by molar-refractivity contribution is 5.86. The Morgan fingerprint density at radius 2 is 1.74 bits per heavy atom. The van der Waals surface area contributed by atoms with Crippen LogP contribution in [0.1, 0.15) is 91.0 Å². The minimum Gasteiger partial charge on any atom is -0.497 e. The highest BCUT2D eigenvalue weighted by Crippen LogP contribution is 2.48. The normalized spacial score (nSPS) is 18.9. The van der Waals surface area contributed by atoms with Crippen molar-refractivity contribution in [2.75, 3.05) is 20.2 Å². The van der Waals surface area contributed by atoms with Crippen LogP contribution in [0.3, 0.4) is 0 Å². The van der Waals surface area contributed by atoms with Gasteiger partial charge in [0.25, 0.3) is 0 Å². The van der Waals surface area contributed by atoms with Crippen molar-refractivity contribution >= 4 is 12.0 Å². The molecule has 0 bridgehead atoms. The minimum atomic E-state index is -0.654. The van der Waals surface area contributed by atoms with Gasteiger partial charge in [0.15, 0.2) is 0 Å². The zero-order valence-electron chi connectivity index (χ0n) is 22.5. The van der Waals surface area contributed by atoms with Gasteiger partial charge in [0.1, 0.15) is 17.4 Å². The van der Waals surface area contributed by atoms with Gasteiger partial charge >= 0.3 is 6.09 Å². The number of unbranched alkanes of at least 4 members (excludes halogenated alkanes) is 2. The molecule has 0 spiro atoms. The molecule has 1 heterocycles. The van der Waals surface area contributed by atoms with E-state index in [1.165, 1.54) is 57.8 Å². The lowest BCUT2D eigenvalue weighted by Gasteiger charge is -2.56. The number of likely N-dealkylation sites (tertiary alicyclic amines) is 1. The van der Waals surface area contributed by atoms with Crippen LogP contribution in [-0.4, -0.2) is 48.7 Å². The summed E-state index contributed by atoms with van der Waals surface area (Å²) in [6.07, 6.45) is 11.3. The maximum absolute atomic E-state index is 13.7. The lowest BCUT2D eigenvalue weighted by Crippen LogP contribution is -2.65. The molecular weight excluding hydrogens is 440 g/mol. The maximum atomic E-state index is 13.7. The molecule has 1 aliphatic heterocycles. The molecule has 196 valence electrons. The van der Waals surface area contributed by atoms with Crippen molar-refractivity contribution in [3.63, 3.8) is 0 Å². The first-order chi connectivity index (χ1) is 16.7. The van der Waals surface area contributed by atoms with Crippen molar-refractivity contribution in [1.82, 2.24) is 10.2 Å². The largest absolute Gasteiger partial charge is 0.497 e. The second kappa shape index (κ2) is 12.1. The Hall–Kier alpha value is -2.24. The number of rotatable bonds is 10. The highest BCUT2D eigenvalue weighted by atomic mass is 16.6. The van der Waals surface area contributed by atoms with E-state index in [-0.39, 0.29) is 11.3 Å². The molecule has 1 saturated heterocycles. The fourth-order valence-electron chi connectivity index (χ4n) is 5.80. The second-order valence-electron chi connectivity index (χ2n) is 11.6. The fourth-order valence-corrected chi connectivity index (χ4v) is 5.80. The van der Waals surface area contributed by atoms with E-state index in [4.69, 9.17) is 9.47 Å². The monoisotopic (exact) mass is 486 g/mol. The molecule has 2 aliphatic rings. The summed E-state index contributed by atoms with van der Waals surface area (Å²) in [4.78, 5) is 28.3. The number of carbonyl (C=O) groups excluding carboxylic acids is 2. The molecule has 35 heavy (non-hydrogen) atoms. The third-order valence-electron chi connectivity index (χ3n) is 7.66. The maximum Gasteiger partial charge on any atom is 0.408 e.